The van der Waals surface area contributed by atoms with Crippen molar-refractivity contribution in [1.82, 2.24) is 4.90 Å². The van der Waals surface area contributed by atoms with Gasteiger partial charge in [0.25, 0.3) is 5.91 Å². The molecule has 3 nitrogen and oxygen atoms in total. The summed E-state index contributed by atoms with van der Waals surface area (Å²) < 4.78 is 5.50. The Balaban J connectivity index is 2.37. The van der Waals surface area contributed by atoms with Crippen LogP contribution in [0.3, 0.4) is 0 Å². The number of furan rings is 1. The van der Waals surface area contributed by atoms with E-state index in [4.69, 9.17) is 16.0 Å². The second-order valence-corrected chi connectivity index (χ2v) is 4.25. The minimum atomic E-state index is -0.164. The van der Waals surface area contributed by atoms with E-state index in [1.807, 2.05) is 18.2 Å². The number of amides is 1. The van der Waals surface area contributed by atoms with Gasteiger partial charge >= 0.3 is 0 Å². The van der Waals surface area contributed by atoms with E-state index in [0.717, 1.165) is 5.56 Å². The molecule has 0 aliphatic heterocycles. The molecule has 0 N–H and O–H groups in total. The summed E-state index contributed by atoms with van der Waals surface area (Å²) in [5, 5.41) is 0.603. The normalized spacial score (nSPS) is 10.3. The highest BCUT2D eigenvalue weighted by atomic mass is 35.5. The monoisotopic (exact) mass is 249 g/mol. The van der Waals surface area contributed by atoms with Gasteiger partial charge in [-0.1, -0.05) is 23.7 Å². The van der Waals surface area contributed by atoms with Crippen LogP contribution in [0.1, 0.15) is 10.6 Å². The van der Waals surface area contributed by atoms with Crippen LogP contribution in [0.2, 0.25) is 5.02 Å². The molecule has 0 aliphatic rings. The van der Waals surface area contributed by atoms with E-state index in [0.29, 0.717) is 16.5 Å². The SMILES string of the molecule is CN(C)C(=O)c1ccc(-c2ccccc2Cl)o1. The summed E-state index contributed by atoms with van der Waals surface area (Å²) in [5.74, 6) is 0.744. The predicted octanol–water partition coefficient (Wildman–Crippen LogP) is 3.30. The largest absolute Gasteiger partial charge is 0.451 e. The van der Waals surface area contributed by atoms with Gasteiger partial charge in [0.05, 0.1) is 5.02 Å². The zero-order valence-corrected chi connectivity index (χ0v) is 10.4. The van der Waals surface area contributed by atoms with Crippen molar-refractivity contribution < 1.29 is 9.21 Å². The smallest absolute Gasteiger partial charge is 0.289 e. The van der Waals surface area contributed by atoms with Crippen LogP contribution in [0.5, 0.6) is 0 Å². The molecule has 0 spiro atoms. The summed E-state index contributed by atoms with van der Waals surface area (Å²) in [7, 11) is 3.36. The average molecular weight is 250 g/mol. The van der Waals surface area contributed by atoms with Crippen LogP contribution >= 0.6 is 11.6 Å². The molecule has 2 aromatic rings. The summed E-state index contributed by atoms with van der Waals surface area (Å²) >= 11 is 6.05. The van der Waals surface area contributed by atoms with Crippen LogP contribution in [0.4, 0.5) is 0 Å². The van der Waals surface area contributed by atoms with Crippen molar-refractivity contribution in [1.29, 1.82) is 0 Å². The predicted molar refractivity (Wildman–Crippen MR) is 67.2 cm³/mol. The summed E-state index contributed by atoms with van der Waals surface area (Å²) in [6.07, 6.45) is 0. The number of hydrogen-bond donors (Lipinski definition) is 0. The van der Waals surface area contributed by atoms with Gasteiger partial charge in [0.1, 0.15) is 5.76 Å². The van der Waals surface area contributed by atoms with E-state index in [9.17, 15) is 4.79 Å². The lowest BCUT2D eigenvalue weighted by Crippen LogP contribution is -2.20. The Morgan fingerprint density at radius 1 is 1.18 bits per heavy atom. The van der Waals surface area contributed by atoms with Crippen molar-refractivity contribution in [3.63, 3.8) is 0 Å². The first-order valence-corrected chi connectivity index (χ1v) is 5.54. The molecule has 0 saturated heterocycles. The van der Waals surface area contributed by atoms with Gasteiger partial charge in [-0.3, -0.25) is 4.79 Å². The van der Waals surface area contributed by atoms with Crippen molar-refractivity contribution in [3.8, 4) is 11.3 Å². The van der Waals surface area contributed by atoms with Crippen LogP contribution in [0.25, 0.3) is 11.3 Å². The molecule has 4 heteroatoms. The van der Waals surface area contributed by atoms with Gasteiger partial charge in [-0.05, 0) is 24.3 Å². The quantitative estimate of drug-likeness (QED) is 0.818. The molecular formula is C13H12ClNO2. The Labute approximate surface area is 105 Å². The maximum atomic E-state index is 11.7. The third kappa shape index (κ3) is 2.34. The third-order valence-corrected chi connectivity index (χ3v) is 2.69. The second kappa shape index (κ2) is 4.63. The number of hydrogen-bond acceptors (Lipinski definition) is 2. The lowest BCUT2D eigenvalue weighted by molar-refractivity contribution is 0.0797. The van der Waals surface area contributed by atoms with Gasteiger partial charge in [0.2, 0.25) is 0 Å². The molecule has 0 bridgehead atoms. The van der Waals surface area contributed by atoms with E-state index < -0.39 is 0 Å². The summed E-state index contributed by atoms with van der Waals surface area (Å²) in [6, 6.07) is 10.8. The molecule has 0 fully saturated rings. The molecule has 1 aromatic carbocycles. The first-order chi connectivity index (χ1) is 8.09. The van der Waals surface area contributed by atoms with Crippen molar-refractivity contribution in [2.45, 2.75) is 0 Å². The molecule has 2 rings (SSSR count). The molecule has 0 atom stereocenters. The van der Waals surface area contributed by atoms with E-state index in [2.05, 4.69) is 0 Å². The maximum Gasteiger partial charge on any atom is 0.289 e. The van der Waals surface area contributed by atoms with E-state index in [1.165, 1.54) is 4.90 Å². The standard InChI is InChI=1S/C13H12ClNO2/c1-15(2)13(16)12-8-7-11(17-12)9-5-3-4-6-10(9)14/h3-8H,1-2H3. The number of benzene rings is 1. The highest BCUT2D eigenvalue weighted by molar-refractivity contribution is 6.33. The highest BCUT2D eigenvalue weighted by Gasteiger charge is 2.14. The van der Waals surface area contributed by atoms with E-state index >= 15 is 0 Å². The number of halogens is 1. The number of carbonyl (C=O) groups excluding carboxylic acids is 1. The van der Waals surface area contributed by atoms with Crippen LogP contribution in [0.15, 0.2) is 40.8 Å². The number of nitrogens with zero attached hydrogens (tertiary/aromatic N) is 1. The Morgan fingerprint density at radius 2 is 1.88 bits per heavy atom. The van der Waals surface area contributed by atoms with Gasteiger partial charge in [-0.15, -0.1) is 0 Å². The fourth-order valence-corrected chi connectivity index (χ4v) is 1.71. The molecule has 0 aliphatic carbocycles. The van der Waals surface area contributed by atoms with Crippen LogP contribution < -0.4 is 0 Å². The van der Waals surface area contributed by atoms with Crippen LogP contribution in [-0.4, -0.2) is 24.9 Å². The Hall–Kier alpha value is -1.74. The Kier molecular flexibility index (Phi) is 3.20. The van der Waals surface area contributed by atoms with Crippen molar-refractivity contribution >= 4 is 17.5 Å². The van der Waals surface area contributed by atoms with Gasteiger partial charge in [0, 0.05) is 19.7 Å². The molecule has 1 aromatic heterocycles. The van der Waals surface area contributed by atoms with Gasteiger partial charge < -0.3 is 9.32 Å². The minimum absolute atomic E-state index is 0.164. The average Bonchev–Trinajstić information content (AvgIpc) is 2.77. The summed E-state index contributed by atoms with van der Waals surface area (Å²) in [5.41, 5.74) is 0.784. The second-order valence-electron chi connectivity index (χ2n) is 3.84. The first-order valence-electron chi connectivity index (χ1n) is 5.16. The van der Waals surface area contributed by atoms with Crippen LogP contribution in [0, 0.1) is 0 Å². The zero-order valence-electron chi connectivity index (χ0n) is 9.61. The molecule has 1 heterocycles. The summed E-state index contributed by atoms with van der Waals surface area (Å²) in [6.45, 7) is 0. The fraction of sp³-hybridized carbons (Fsp3) is 0.154. The van der Waals surface area contributed by atoms with E-state index in [1.54, 1.807) is 32.3 Å². The molecule has 0 radical (unpaired) electrons. The lowest BCUT2D eigenvalue weighted by Gasteiger charge is -2.06. The molecular weight excluding hydrogens is 238 g/mol. The van der Waals surface area contributed by atoms with Gasteiger partial charge in [-0.25, -0.2) is 0 Å². The maximum absolute atomic E-state index is 11.7. The number of carbonyl (C=O) groups is 1. The molecule has 0 unspecified atom stereocenters. The molecule has 88 valence electrons. The molecule has 0 saturated carbocycles. The Bertz CT molecular complexity index is 546. The molecule has 1 amide bonds. The van der Waals surface area contributed by atoms with Crippen LogP contribution in [-0.2, 0) is 0 Å². The topological polar surface area (TPSA) is 33.5 Å². The zero-order chi connectivity index (χ0) is 12.4. The van der Waals surface area contributed by atoms with Crippen molar-refractivity contribution in [2.75, 3.05) is 14.1 Å². The van der Waals surface area contributed by atoms with Crippen molar-refractivity contribution in [2.24, 2.45) is 0 Å². The number of rotatable bonds is 2. The first kappa shape index (κ1) is 11.7. The third-order valence-electron chi connectivity index (χ3n) is 2.36. The van der Waals surface area contributed by atoms with Gasteiger partial charge in [0.15, 0.2) is 5.76 Å². The lowest BCUT2D eigenvalue weighted by atomic mass is 10.2. The minimum Gasteiger partial charge on any atom is -0.451 e. The fourth-order valence-electron chi connectivity index (χ4n) is 1.48. The van der Waals surface area contributed by atoms with E-state index in [-0.39, 0.29) is 5.91 Å². The molecule has 17 heavy (non-hydrogen) atoms. The van der Waals surface area contributed by atoms with Gasteiger partial charge in [-0.2, -0.15) is 0 Å². The Morgan fingerprint density at radius 3 is 2.53 bits per heavy atom. The van der Waals surface area contributed by atoms with Crippen molar-refractivity contribution in [3.05, 3.63) is 47.2 Å². The highest BCUT2D eigenvalue weighted by Crippen LogP contribution is 2.29. The summed E-state index contributed by atoms with van der Waals surface area (Å²) in [4.78, 5) is 13.1.